The van der Waals surface area contributed by atoms with Gasteiger partial charge in [0.1, 0.15) is 11.5 Å². The average molecular weight is 337 g/mol. The Kier molecular flexibility index (Phi) is 3.76. The molecule has 0 aliphatic carbocycles. The Bertz CT molecular complexity index is 927. The van der Waals surface area contributed by atoms with Crippen LogP contribution in [0.2, 0.25) is 0 Å². The van der Waals surface area contributed by atoms with E-state index in [-0.39, 0.29) is 5.56 Å². The predicted molar refractivity (Wildman–Crippen MR) is 96.8 cm³/mol. The van der Waals surface area contributed by atoms with Gasteiger partial charge in [-0.15, -0.1) is 0 Å². The number of carbonyl (C=O) groups is 1. The van der Waals surface area contributed by atoms with Gasteiger partial charge in [-0.1, -0.05) is 0 Å². The number of H-pyrrole nitrogens is 1. The van der Waals surface area contributed by atoms with E-state index in [1.165, 1.54) is 0 Å². The molecule has 3 heterocycles. The monoisotopic (exact) mass is 337 g/mol. The molecule has 3 N–H and O–H groups in total. The number of aromatic carboxylic acids is 1. The highest BCUT2D eigenvalue weighted by molar-refractivity contribution is 5.91. The summed E-state index contributed by atoms with van der Waals surface area (Å²) in [6.45, 7) is 3.93. The Morgan fingerprint density at radius 3 is 2.60 bits per heavy atom. The van der Waals surface area contributed by atoms with E-state index >= 15 is 0 Å². The number of aryl methyl sites for hydroxylation is 1. The van der Waals surface area contributed by atoms with Crippen molar-refractivity contribution >= 4 is 34.5 Å². The van der Waals surface area contributed by atoms with Gasteiger partial charge < -0.3 is 20.3 Å². The third kappa shape index (κ3) is 3.00. The van der Waals surface area contributed by atoms with Crippen molar-refractivity contribution in [2.45, 2.75) is 19.8 Å². The first kappa shape index (κ1) is 15.4. The number of benzene rings is 1. The normalized spacial score (nSPS) is 14.2. The first-order valence-electron chi connectivity index (χ1n) is 8.33. The minimum atomic E-state index is -0.937. The molecule has 0 amide bonds. The van der Waals surface area contributed by atoms with Crippen molar-refractivity contribution in [1.82, 2.24) is 15.0 Å². The Morgan fingerprint density at radius 2 is 1.92 bits per heavy atom. The zero-order valence-electron chi connectivity index (χ0n) is 13.9. The van der Waals surface area contributed by atoms with E-state index in [1.807, 2.05) is 13.0 Å². The van der Waals surface area contributed by atoms with Gasteiger partial charge in [-0.05, 0) is 50.1 Å². The molecule has 1 aliphatic heterocycles. The maximum Gasteiger partial charge on any atom is 0.335 e. The van der Waals surface area contributed by atoms with Crippen molar-refractivity contribution in [2.24, 2.45) is 0 Å². The molecule has 1 aromatic carbocycles. The summed E-state index contributed by atoms with van der Waals surface area (Å²) in [5, 5.41) is 13.2. The number of fused-ring (bicyclic) bond motifs is 1. The molecule has 128 valence electrons. The second-order valence-electron chi connectivity index (χ2n) is 6.29. The van der Waals surface area contributed by atoms with Crippen LogP contribution in [-0.4, -0.2) is 39.1 Å². The molecule has 0 unspecified atom stereocenters. The molecule has 1 saturated heterocycles. The highest BCUT2D eigenvalue weighted by atomic mass is 16.4. The molecular formula is C18H19N5O2. The van der Waals surface area contributed by atoms with Crippen LogP contribution in [0.5, 0.6) is 0 Å². The molecule has 1 fully saturated rings. The lowest BCUT2D eigenvalue weighted by Crippen LogP contribution is -2.20. The molecule has 3 aromatic rings. The van der Waals surface area contributed by atoms with Gasteiger partial charge in [0.15, 0.2) is 0 Å². The van der Waals surface area contributed by atoms with Crippen LogP contribution in [0.3, 0.4) is 0 Å². The third-order valence-electron chi connectivity index (χ3n) is 4.39. The molecule has 0 spiro atoms. The predicted octanol–water partition coefficient (Wildman–Crippen LogP) is 3.31. The Hall–Kier alpha value is -3.09. The Morgan fingerprint density at radius 1 is 1.20 bits per heavy atom. The second-order valence-corrected chi connectivity index (χ2v) is 6.29. The molecule has 25 heavy (non-hydrogen) atoms. The highest BCUT2D eigenvalue weighted by Crippen LogP contribution is 2.28. The summed E-state index contributed by atoms with van der Waals surface area (Å²) in [6, 6.07) is 8.65. The van der Waals surface area contributed by atoms with Gasteiger partial charge in [0.25, 0.3) is 0 Å². The lowest BCUT2D eigenvalue weighted by Gasteiger charge is -2.16. The fourth-order valence-corrected chi connectivity index (χ4v) is 3.12. The van der Waals surface area contributed by atoms with Gasteiger partial charge in [0, 0.05) is 24.5 Å². The van der Waals surface area contributed by atoms with Crippen molar-refractivity contribution in [1.29, 1.82) is 0 Å². The van der Waals surface area contributed by atoms with Crippen LogP contribution in [0.1, 0.15) is 28.9 Å². The lowest BCUT2D eigenvalue weighted by molar-refractivity contribution is 0.0697. The van der Waals surface area contributed by atoms with E-state index in [2.05, 4.69) is 20.2 Å². The molecule has 0 radical (unpaired) electrons. The first-order valence-corrected chi connectivity index (χ1v) is 8.33. The summed E-state index contributed by atoms with van der Waals surface area (Å²) in [6.07, 6.45) is 2.31. The molecule has 0 atom stereocenters. The smallest absolute Gasteiger partial charge is 0.335 e. The van der Waals surface area contributed by atoms with E-state index in [0.717, 1.165) is 60.1 Å². The quantitative estimate of drug-likeness (QED) is 0.676. The summed E-state index contributed by atoms with van der Waals surface area (Å²) < 4.78 is 0. The molecule has 7 nitrogen and oxygen atoms in total. The topological polar surface area (TPSA) is 94.1 Å². The van der Waals surface area contributed by atoms with Crippen LogP contribution < -0.4 is 10.2 Å². The number of anilines is 3. The third-order valence-corrected chi connectivity index (χ3v) is 4.39. The van der Waals surface area contributed by atoms with Gasteiger partial charge in [0.2, 0.25) is 5.95 Å². The van der Waals surface area contributed by atoms with Crippen LogP contribution >= 0.6 is 0 Å². The molecular weight excluding hydrogens is 318 g/mol. The minimum Gasteiger partial charge on any atom is -0.478 e. The molecule has 7 heteroatoms. The minimum absolute atomic E-state index is 0.258. The average Bonchev–Trinajstić information content (AvgIpc) is 3.24. The van der Waals surface area contributed by atoms with E-state index < -0.39 is 5.97 Å². The fraction of sp³-hybridized carbons (Fsp3) is 0.278. The highest BCUT2D eigenvalue weighted by Gasteiger charge is 2.18. The van der Waals surface area contributed by atoms with Crippen LogP contribution in [-0.2, 0) is 0 Å². The van der Waals surface area contributed by atoms with Gasteiger partial charge >= 0.3 is 5.97 Å². The first-order chi connectivity index (χ1) is 12.1. The SMILES string of the molecule is Cc1cc2c(Nc3ccc(C(=O)O)cc3)nc(N3CCCC3)nc2[nH]1. The van der Waals surface area contributed by atoms with Crippen molar-refractivity contribution < 1.29 is 9.90 Å². The number of rotatable bonds is 4. The number of carboxylic acids is 1. The van der Waals surface area contributed by atoms with Gasteiger partial charge in [0.05, 0.1) is 10.9 Å². The van der Waals surface area contributed by atoms with Crippen molar-refractivity contribution in [3.05, 3.63) is 41.6 Å². The zero-order valence-corrected chi connectivity index (χ0v) is 13.9. The largest absolute Gasteiger partial charge is 0.478 e. The van der Waals surface area contributed by atoms with Crippen molar-refractivity contribution in [3.63, 3.8) is 0 Å². The number of nitrogens with zero attached hydrogens (tertiary/aromatic N) is 3. The van der Waals surface area contributed by atoms with Crippen LogP contribution in [0.15, 0.2) is 30.3 Å². The maximum atomic E-state index is 11.0. The number of hydrogen-bond donors (Lipinski definition) is 3. The Balaban J connectivity index is 1.72. The van der Waals surface area contributed by atoms with E-state index in [0.29, 0.717) is 0 Å². The lowest BCUT2D eigenvalue weighted by atomic mass is 10.2. The van der Waals surface area contributed by atoms with Crippen LogP contribution in [0, 0.1) is 6.92 Å². The molecule has 2 aromatic heterocycles. The number of carboxylic acid groups (broad SMARTS) is 1. The van der Waals surface area contributed by atoms with Gasteiger partial charge in [-0.2, -0.15) is 9.97 Å². The Labute approximate surface area is 144 Å². The van der Waals surface area contributed by atoms with E-state index in [1.54, 1.807) is 24.3 Å². The van der Waals surface area contributed by atoms with Gasteiger partial charge in [-0.3, -0.25) is 0 Å². The van der Waals surface area contributed by atoms with Crippen molar-refractivity contribution in [2.75, 3.05) is 23.3 Å². The summed E-state index contributed by atoms with van der Waals surface area (Å²) in [5.74, 6) is 0.504. The number of aromatic nitrogens is 3. The summed E-state index contributed by atoms with van der Waals surface area (Å²) in [4.78, 5) is 25.8. The summed E-state index contributed by atoms with van der Waals surface area (Å²) >= 11 is 0. The van der Waals surface area contributed by atoms with Gasteiger partial charge in [-0.25, -0.2) is 4.79 Å². The molecule has 4 rings (SSSR count). The van der Waals surface area contributed by atoms with Crippen LogP contribution in [0.25, 0.3) is 11.0 Å². The second kappa shape index (κ2) is 6.08. The van der Waals surface area contributed by atoms with E-state index in [9.17, 15) is 4.79 Å². The molecule has 0 bridgehead atoms. The fourth-order valence-electron chi connectivity index (χ4n) is 3.12. The number of hydrogen-bond acceptors (Lipinski definition) is 5. The molecule has 1 aliphatic rings. The molecule has 0 saturated carbocycles. The summed E-state index contributed by atoms with van der Waals surface area (Å²) in [5.41, 5.74) is 2.87. The maximum absolute atomic E-state index is 11.0. The standard InChI is InChI=1S/C18H19N5O2/c1-11-10-14-15(19-11)21-18(23-8-2-3-9-23)22-16(14)20-13-6-4-12(5-7-13)17(24)25/h4-7,10H,2-3,8-9H2,1H3,(H,24,25)(H2,19,20,21,22). The van der Waals surface area contributed by atoms with Crippen molar-refractivity contribution in [3.8, 4) is 0 Å². The van der Waals surface area contributed by atoms with Crippen LogP contribution in [0.4, 0.5) is 17.5 Å². The number of nitrogens with one attached hydrogen (secondary N) is 2. The summed E-state index contributed by atoms with van der Waals surface area (Å²) in [7, 11) is 0. The number of aromatic amines is 1. The van der Waals surface area contributed by atoms with E-state index in [4.69, 9.17) is 10.1 Å². The zero-order chi connectivity index (χ0) is 17.4.